The zero-order valence-electron chi connectivity index (χ0n) is 11.3. The molecule has 108 valence electrons. The van der Waals surface area contributed by atoms with Crippen LogP contribution in [0.3, 0.4) is 0 Å². The van der Waals surface area contributed by atoms with E-state index in [9.17, 15) is 13.2 Å². The maximum absolute atomic E-state index is 13.1. The number of alkyl halides is 3. The van der Waals surface area contributed by atoms with E-state index in [1.54, 1.807) is 0 Å². The summed E-state index contributed by atoms with van der Waals surface area (Å²) in [4.78, 5) is 0. The summed E-state index contributed by atoms with van der Waals surface area (Å²) in [5, 5.41) is 0. The average Bonchev–Trinajstić information content (AvgIpc) is 2.34. The highest BCUT2D eigenvalue weighted by molar-refractivity contribution is 4.90. The molecule has 0 amide bonds. The minimum Gasteiger partial charge on any atom is -0.271 e. The Morgan fingerprint density at radius 1 is 1.17 bits per heavy atom. The van der Waals surface area contributed by atoms with E-state index in [0.717, 1.165) is 19.3 Å². The number of hydrogen-bond acceptors (Lipinski definition) is 2. The number of halogens is 3. The van der Waals surface area contributed by atoms with Gasteiger partial charge in [-0.2, -0.15) is 13.2 Å². The first kappa shape index (κ1) is 15.8. The van der Waals surface area contributed by atoms with Crippen molar-refractivity contribution in [3.8, 4) is 0 Å². The highest BCUT2D eigenvalue weighted by atomic mass is 19.4. The minimum atomic E-state index is -4.09. The molecule has 1 rings (SSSR count). The lowest BCUT2D eigenvalue weighted by atomic mass is 9.70. The van der Waals surface area contributed by atoms with Crippen LogP contribution < -0.4 is 11.3 Å². The van der Waals surface area contributed by atoms with E-state index in [2.05, 4.69) is 5.43 Å². The minimum absolute atomic E-state index is 0.216. The molecule has 0 spiro atoms. The molecule has 0 saturated heterocycles. The van der Waals surface area contributed by atoms with Crippen LogP contribution in [0, 0.1) is 17.8 Å². The van der Waals surface area contributed by atoms with Crippen molar-refractivity contribution in [2.24, 2.45) is 23.6 Å². The van der Waals surface area contributed by atoms with Crippen molar-refractivity contribution in [1.29, 1.82) is 0 Å². The van der Waals surface area contributed by atoms with Gasteiger partial charge in [-0.05, 0) is 24.7 Å². The van der Waals surface area contributed by atoms with E-state index in [1.165, 1.54) is 0 Å². The zero-order chi connectivity index (χ0) is 13.8. The zero-order valence-corrected chi connectivity index (χ0v) is 11.3. The molecule has 2 nitrogen and oxygen atoms in total. The van der Waals surface area contributed by atoms with Gasteiger partial charge in [0, 0.05) is 6.04 Å². The molecule has 0 aromatic heterocycles. The molecule has 5 heteroatoms. The van der Waals surface area contributed by atoms with Crippen molar-refractivity contribution in [1.82, 2.24) is 5.43 Å². The predicted molar refractivity (Wildman–Crippen MR) is 66.7 cm³/mol. The third kappa shape index (κ3) is 3.60. The quantitative estimate of drug-likeness (QED) is 0.589. The molecular weight excluding hydrogens is 241 g/mol. The third-order valence-electron chi connectivity index (χ3n) is 4.45. The molecule has 0 bridgehead atoms. The van der Waals surface area contributed by atoms with Gasteiger partial charge in [-0.3, -0.25) is 11.3 Å². The molecular formula is C13H25F3N2. The standard InChI is InChI=1S/C13H25F3N2/c1-3-9(4-2)12(18-17)10-7-5-6-8-11(10)13(14,15)16/h9-12,18H,3-8,17H2,1-2H3. The molecule has 0 radical (unpaired) electrons. The normalized spacial score (nSPS) is 27.5. The Bertz CT molecular complexity index is 239. The summed E-state index contributed by atoms with van der Waals surface area (Å²) >= 11 is 0. The Morgan fingerprint density at radius 2 is 1.72 bits per heavy atom. The van der Waals surface area contributed by atoms with Gasteiger partial charge in [-0.25, -0.2) is 0 Å². The number of rotatable bonds is 5. The van der Waals surface area contributed by atoms with Gasteiger partial charge in [0.05, 0.1) is 5.92 Å². The van der Waals surface area contributed by atoms with E-state index >= 15 is 0 Å². The van der Waals surface area contributed by atoms with Crippen LogP contribution in [-0.2, 0) is 0 Å². The second-order valence-electron chi connectivity index (χ2n) is 5.37. The maximum atomic E-state index is 13.1. The Labute approximate surface area is 107 Å². The van der Waals surface area contributed by atoms with Crippen molar-refractivity contribution in [3.63, 3.8) is 0 Å². The molecule has 0 aromatic rings. The first-order chi connectivity index (χ1) is 8.45. The second kappa shape index (κ2) is 6.75. The van der Waals surface area contributed by atoms with Gasteiger partial charge in [0.1, 0.15) is 0 Å². The monoisotopic (exact) mass is 266 g/mol. The molecule has 1 aliphatic rings. The molecule has 18 heavy (non-hydrogen) atoms. The maximum Gasteiger partial charge on any atom is 0.392 e. The molecule has 0 heterocycles. The largest absolute Gasteiger partial charge is 0.392 e. The SMILES string of the molecule is CCC(CC)C(NN)C1CCCCC1C(F)(F)F. The van der Waals surface area contributed by atoms with Crippen molar-refractivity contribution < 1.29 is 13.2 Å². The van der Waals surface area contributed by atoms with Crippen molar-refractivity contribution >= 4 is 0 Å². The van der Waals surface area contributed by atoms with Gasteiger partial charge in [0.2, 0.25) is 0 Å². The van der Waals surface area contributed by atoms with E-state index in [1.807, 2.05) is 13.8 Å². The van der Waals surface area contributed by atoms with Gasteiger partial charge in [-0.15, -0.1) is 0 Å². The summed E-state index contributed by atoms with van der Waals surface area (Å²) in [6.45, 7) is 4.04. The summed E-state index contributed by atoms with van der Waals surface area (Å²) in [5.41, 5.74) is 2.68. The van der Waals surface area contributed by atoms with Crippen molar-refractivity contribution in [2.75, 3.05) is 0 Å². The van der Waals surface area contributed by atoms with Gasteiger partial charge >= 0.3 is 6.18 Å². The second-order valence-corrected chi connectivity index (χ2v) is 5.37. The molecule has 1 fully saturated rings. The molecule has 3 atom stereocenters. The number of hydrazine groups is 1. The van der Waals surface area contributed by atoms with E-state index in [0.29, 0.717) is 12.8 Å². The summed E-state index contributed by atoms with van der Waals surface area (Å²) in [5.74, 6) is 4.21. The van der Waals surface area contributed by atoms with Crippen LogP contribution in [0.25, 0.3) is 0 Å². The average molecular weight is 266 g/mol. The first-order valence-corrected chi connectivity index (χ1v) is 6.98. The fourth-order valence-corrected chi connectivity index (χ4v) is 3.40. The highest BCUT2D eigenvalue weighted by Gasteiger charge is 2.48. The fourth-order valence-electron chi connectivity index (χ4n) is 3.40. The van der Waals surface area contributed by atoms with Gasteiger partial charge in [0.25, 0.3) is 0 Å². The topological polar surface area (TPSA) is 38.0 Å². The summed E-state index contributed by atoms with van der Waals surface area (Å²) in [6.07, 6.45) is 0.101. The third-order valence-corrected chi connectivity index (χ3v) is 4.45. The number of nitrogens with one attached hydrogen (secondary N) is 1. The van der Waals surface area contributed by atoms with Crippen LogP contribution in [0.4, 0.5) is 13.2 Å². The lowest BCUT2D eigenvalue weighted by Crippen LogP contribution is -2.51. The number of hydrogen-bond donors (Lipinski definition) is 2. The highest BCUT2D eigenvalue weighted by Crippen LogP contribution is 2.44. The predicted octanol–water partition coefficient (Wildman–Crippen LogP) is 3.62. The first-order valence-electron chi connectivity index (χ1n) is 6.98. The summed E-state index contributed by atoms with van der Waals surface area (Å²) in [7, 11) is 0. The Morgan fingerprint density at radius 3 is 2.17 bits per heavy atom. The van der Waals surface area contributed by atoms with Crippen LogP contribution in [0.2, 0.25) is 0 Å². The molecule has 1 saturated carbocycles. The fraction of sp³-hybridized carbons (Fsp3) is 1.00. The van der Waals surface area contributed by atoms with Crippen LogP contribution in [-0.4, -0.2) is 12.2 Å². The van der Waals surface area contributed by atoms with Gasteiger partial charge < -0.3 is 0 Å². The Balaban J connectivity index is 2.86. The Hall–Kier alpha value is -0.290. The van der Waals surface area contributed by atoms with Crippen molar-refractivity contribution in [3.05, 3.63) is 0 Å². The lowest BCUT2D eigenvalue weighted by molar-refractivity contribution is -0.201. The van der Waals surface area contributed by atoms with Gasteiger partial charge in [0.15, 0.2) is 0 Å². The lowest BCUT2D eigenvalue weighted by Gasteiger charge is -2.40. The Kier molecular flexibility index (Phi) is 5.92. The molecule has 0 aliphatic heterocycles. The van der Waals surface area contributed by atoms with Crippen molar-refractivity contribution in [2.45, 2.75) is 64.6 Å². The molecule has 3 unspecified atom stereocenters. The molecule has 0 aromatic carbocycles. The van der Waals surface area contributed by atoms with Crippen LogP contribution >= 0.6 is 0 Å². The smallest absolute Gasteiger partial charge is 0.271 e. The van der Waals surface area contributed by atoms with Crippen LogP contribution in [0.1, 0.15) is 52.4 Å². The van der Waals surface area contributed by atoms with Crippen LogP contribution in [0.15, 0.2) is 0 Å². The van der Waals surface area contributed by atoms with Gasteiger partial charge in [-0.1, -0.05) is 39.5 Å². The van der Waals surface area contributed by atoms with E-state index in [-0.39, 0.29) is 24.3 Å². The number of nitrogens with two attached hydrogens (primary N) is 1. The van der Waals surface area contributed by atoms with E-state index < -0.39 is 12.1 Å². The summed E-state index contributed by atoms with van der Waals surface area (Å²) < 4.78 is 39.3. The van der Waals surface area contributed by atoms with Crippen LogP contribution in [0.5, 0.6) is 0 Å². The molecule has 3 N–H and O–H groups in total. The summed E-state index contributed by atoms with van der Waals surface area (Å²) in [6, 6.07) is -0.216. The van der Waals surface area contributed by atoms with E-state index in [4.69, 9.17) is 5.84 Å². The molecule has 1 aliphatic carbocycles.